The van der Waals surface area contributed by atoms with Crippen LogP contribution in [-0.4, -0.2) is 7.11 Å². The van der Waals surface area contributed by atoms with E-state index in [0.717, 1.165) is 5.56 Å². The van der Waals surface area contributed by atoms with Gasteiger partial charge in [0.15, 0.2) is 0 Å². The molecule has 0 heterocycles. The molecule has 0 amide bonds. The third-order valence-corrected chi connectivity index (χ3v) is 3.12. The highest BCUT2D eigenvalue weighted by Crippen LogP contribution is 2.31. The molecule has 100 valence electrons. The van der Waals surface area contributed by atoms with Gasteiger partial charge in [-0.05, 0) is 24.3 Å². The summed E-state index contributed by atoms with van der Waals surface area (Å²) in [6.07, 6.45) is 0. The van der Waals surface area contributed by atoms with Crippen molar-refractivity contribution in [1.82, 2.24) is 5.43 Å². The molecule has 2 rings (SSSR count). The summed E-state index contributed by atoms with van der Waals surface area (Å²) >= 11 is 5.91. The fourth-order valence-corrected chi connectivity index (χ4v) is 2.17. The largest absolute Gasteiger partial charge is 0.496 e. The molecule has 1 unspecified atom stereocenters. The lowest BCUT2D eigenvalue weighted by molar-refractivity contribution is 0.403. The Morgan fingerprint density at radius 1 is 1.21 bits per heavy atom. The predicted octanol–water partition coefficient (Wildman–Crippen LogP) is 3.04. The molecule has 0 bridgehead atoms. The zero-order valence-electron chi connectivity index (χ0n) is 10.4. The summed E-state index contributed by atoms with van der Waals surface area (Å²) in [5, 5.41) is 0.451. The van der Waals surface area contributed by atoms with Gasteiger partial charge in [-0.1, -0.05) is 29.8 Å². The number of hydrazine groups is 1. The SMILES string of the molecule is COc1ccccc1C(NN)c1cc(Cl)ccc1F. The van der Waals surface area contributed by atoms with Gasteiger partial charge in [0.05, 0.1) is 13.2 Å². The maximum atomic E-state index is 13.9. The third kappa shape index (κ3) is 2.87. The molecule has 3 nitrogen and oxygen atoms in total. The minimum atomic E-state index is -0.533. The second kappa shape index (κ2) is 6.02. The topological polar surface area (TPSA) is 47.3 Å². The number of halogens is 2. The number of ether oxygens (including phenoxy) is 1. The van der Waals surface area contributed by atoms with Crippen molar-refractivity contribution < 1.29 is 9.13 Å². The molecule has 0 fully saturated rings. The van der Waals surface area contributed by atoms with E-state index < -0.39 is 6.04 Å². The van der Waals surface area contributed by atoms with Gasteiger partial charge >= 0.3 is 0 Å². The van der Waals surface area contributed by atoms with Crippen molar-refractivity contribution in [2.45, 2.75) is 6.04 Å². The normalized spacial score (nSPS) is 12.2. The number of methoxy groups -OCH3 is 1. The van der Waals surface area contributed by atoms with Crippen LogP contribution < -0.4 is 16.0 Å². The third-order valence-electron chi connectivity index (χ3n) is 2.89. The van der Waals surface area contributed by atoms with Gasteiger partial charge < -0.3 is 4.74 Å². The van der Waals surface area contributed by atoms with Gasteiger partial charge in [-0.2, -0.15) is 0 Å². The first kappa shape index (κ1) is 13.8. The summed E-state index contributed by atoms with van der Waals surface area (Å²) in [6, 6.07) is 11.1. The Balaban J connectivity index is 2.53. The van der Waals surface area contributed by atoms with Crippen molar-refractivity contribution in [1.29, 1.82) is 0 Å². The second-order valence-corrected chi connectivity index (χ2v) is 4.44. The first-order chi connectivity index (χ1) is 9.17. The summed E-state index contributed by atoms with van der Waals surface area (Å²) in [6.45, 7) is 0. The van der Waals surface area contributed by atoms with E-state index in [0.29, 0.717) is 16.3 Å². The number of hydrogen-bond acceptors (Lipinski definition) is 3. The number of nitrogens with two attached hydrogens (primary N) is 1. The summed E-state index contributed by atoms with van der Waals surface area (Å²) in [7, 11) is 1.56. The molecule has 0 radical (unpaired) electrons. The molecule has 0 aromatic heterocycles. The Labute approximate surface area is 116 Å². The number of nitrogens with one attached hydrogen (secondary N) is 1. The molecule has 0 aliphatic carbocycles. The molecule has 0 spiro atoms. The van der Waals surface area contributed by atoms with Crippen molar-refractivity contribution in [2.24, 2.45) is 5.84 Å². The molecule has 5 heteroatoms. The fourth-order valence-electron chi connectivity index (χ4n) is 1.99. The first-order valence-corrected chi connectivity index (χ1v) is 6.09. The van der Waals surface area contributed by atoms with Crippen LogP contribution >= 0.6 is 11.6 Å². The van der Waals surface area contributed by atoms with E-state index in [1.807, 2.05) is 18.2 Å². The molecular formula is C14H14ClFN2O. The Bertz CT molecular complexity index is 577. The molecule has 2 aromatic carbocycles. The van der Waals surface area contributed by atoms with Crippen LogP contribution in [-0.2, 0) is 0 Å². The fraction of sp³-hybridized carbons (Fsp3) is 0.143. The summed E-state index contributed by atoms with van der Waals surface area (Å²) in [5.74, 6) is 5.82. The van der Waals surface area contributed by atoms with Crippen molar-refractivity contribution in [3.63, 3.8) is 0 Å². The van der Waals surface area contributed by atoms with Crippen LogP contribution in [0.1, 0.15) is 17.2 Å². The predicted molar refractivity (Wildman–Crippen MR) is 73.6 cm³/mol. The highest BCUT2D eigenvalue weighted by Gasteiger charge is 2.20. The van der Waals surface area contributed by atoms with Gasteiger partial charge in [0, 0.05) is 16.1 Å². The summed E-state index contributed by atoms with van der Waals surface area (Å²) in [5.41, 5.74) is 3.72. The zero-order valence-corrected chi connectivity index (χ0v) is 11.1. The van der Waals surface area contributed by atoms with Gasteiger partial charge in [0.25, 0.3) is 0 Å². The monoisotopic (exact) mass is 280 g/mol. The highest BCUT2D eigenvalue weighted by molar-refractivity contribution is 6.30. The van der Waals surface area contributed by atoms with Gasteiger partial charge in [-0.25, -0.2) is 9.82 Å². The summed E-state index contributed by atoms with van der Waals surface area (Å²) in [4.78, 5) is 0. The van der Waals surface area contributed by atoms with Crippen LogP contribution in [0.3, 0.4) is 0 Å². The molecule has 0 aliphatic heterocycles. The molecule has 1 atom stereocenters. The minimum Gasteiger partial charge on any atom is -0.496 e. The maximum Gasteiger partial charge on any atom is 0.128 e. The summed E-state index contributed by atoms with van der Waals surface area (Å²) < 4.78 is 19.2. The molecule has 0 saturated heterocycles. The Hall–Kier alpha value is -1.62. The lowest BCUT2D eigenvalue weighted by atomic mass is 9.98. The smallest absolute Gasteiger partial charge is 0.128 e. The van der Waals surface area contributed by atoms with E-state index in [2.05, 4.69) is 5.43 Å². The van der Waals surface area contributed by atoms with Crippen LogP contribution in [0.4, 0.5) is 4.39 Å². The first-order valence-electron chi connectivity index (χ1n) is 5.71. The van der Waals surface area contributed by atoms with Crippen molar-refractivity contribution >= 4 is 11.6 Å². The van der Waals surface area contributed by atoms with E-state index in [1.54, 1.807) is 19.2 Å². The van der Waals surface area contributed by atoms with Crippen molar-refractivity contribution in [3.8, 4) is 5.75 Å². The average molecular weight is 281 g/mol. The van der Waals surface area contributed by atoms with Crippen molar-refractivity contribution in [2.75, 3.05) is 7.11 Å². The van der Waals surface area contributed by atoms with Crippen LogP contribution in [0.5, 0.6) is 5.75 Å². The van der Waals surface area contributed by atoms with Crippen LogP contribution in [0.2, 0.25) is 5.02 Å². The number of hydrogen-bond donors (Lipinski definition) is 2. The van der Waals surface area contributed by atoms with Crippen LogP contribution in [0, 0.1) is 5.82 Å². The molecule has 2 aromatic rings. The van der Waals surface area contributed by atoms with E-state index in [9.17, 15) is 4.39 Å². The lowest BCUT2D eigenvalue weighted by Crippen LogP contribution is -2.29. The van der Waals surface area contributed by atoms with E-state index >= 15 is 0 Å². The van der Waals surface area contributed by atoms with Gasteiger partial charge in [0.1, 0.15) is 11.6 Å². The van der Waals surface area contributed by atoms with Gasteiger partial charge in [0.2, 0.25) is 0 Å². The zero-order chi connectivity index (χ0) is 13.8. The van der Waals surface area contributed by atoms with Gasteiger partial charge in [-0.3, -0.25) is 5.84 Å². The second-order valence-electron chi connectivity index (χ2n) is 4.01. The Morgan fingerprint density at radius 2 is 1.95 bits per heavy atom. The van der Waals surface area contributed by atoms with Crippen molar-refractivity contribution in [3.05, 3.63) is 64.4 Å². The van der Waals surface area contributed by atoms with Crippen LogP contribution in [0.25, 0.3) is 0 Å². The van der Waals surface area contributed by atoms with E-state index in [4.69, 9.17) is 22.2 Å². The minimum absolute atomic E-state index is 0.375. The molecule has 0 saturated carbocycles. The number of rotatable bonds is 4. The standard InChI is InChI=1S/C14H14ClFN2O/c1-19-13-5-3-2-4-10(13)14(18-17)11-8-9(15)6-7-12(11)16/h2-8,14,18H,17H2,1H3. The molecule has 19 heavy (non-hydrogen) atoms. The van der Waals surface area contributed by atoms with Gasteiger partial charge in [-0.15, -0.1) is 0 Å². The van der Waals surface area contributed by atoms with E-state index in [-0.39, 0.29) is 5.82 Å². The molecule has 0 aliphatic rings. The quantitative estimate of drug-likeness (QED) is 0.668. The molecular weight excluding hydrogens is 267 g/mol. The Morgan fingerprint density at radius 3 is 2.63 bits per heavy atom. The van der Waals surface area contributed by atoms with Crippen LogP contribution in [0.15, 0.2) is 42.5 Å². The number of para-hydroxylation sites is 1. The lowest BCUT2D eigenvalue weighted by Gasteiger charge is -2.20. The maximum absolute atomic E-state index is 13.9. The highest BCUT2D eigenvalue weighted by atomic mass is 35.5. The van der Waals surface area contributed by atoms with E-state index in [1.165, 1.54) is 12.1 Å². The number of benzene rings is 2. The average Bonchev–Trinajstić information content (AvgIpc) is 2.44. The molecule has 3 N–H and O–H groups in total. The Kier molecular flexibility index (Phi) is 4.37.